The molecule has 11 heavy (non-hydrogen) atoms. The molecule has 1 unspecified atom stereocenters. The van der Waals surface area contributed by atoms with E-state index < -0.39 is 0 Å². The maximum atomic E-state index is 9.29. The van der Waals surface area contributed by atoms with Crippen LogP contribution in [0.4, 0.5) is 0 Å². The highest BCUT2D eigenvalue weighted by Gasteiger charge is 2.13. The van der Waals surface area contributed by atoms with Gasteiger partial charge in [0.2, 0.25) is 0 Å². The average molecular weight is 159 g/mol. The molecule has 3 nitrogen and oxygen atoms in total. The van der Waals surface area contributed by atoms with Crippen LogP contribution in [0.3, 0.4) is 0 Å². The van der Waals surface area contributed by atoms with E-state index in [1.807, 2.05) is 0 Å². The summed E-state index contributed by atoms with van der Waals surface area (Å²) in [6.07, 6.45) is 2.72. The van der Waals surface area contributed by atoms with Gasteiger partial charge < -0.3 is 15.1 Å². The van der Waals surface area contributed by atoms with Crippen molar-refractivity contribution in [1.82, 2.24) is 4.90 Å². The molecule has 1 aliphatic heterocycles. The highest BCUT2D eigenvalue weighted by Crippen LogP contribution is 2.09. The fourth-order valence-electron chi connectivity index (χ4n) is 1.50. The van der Waals surface area contributed by atoms with Gasteiger partial charge in [0.1, 0.15) is 0 Å². The van der Waals surface area contributed by atoms with Crippen molar-refractivity contribution in [3.05, 3.63) is 0 Å². The second-order valence-corrected chi connectivity index (χ2v) is 3.15. The summed E-state index contributed by atoms with van der Waals surface area (Å²) in [5, 5.41) is 18.0. The molecular weight excluding hydrogens is 142 g/mol. The summed E-state index contributed by atoms with van der Waals surface area (Å²) in [5.41, 5.74) is 0. The van der Waals surface area contributed by atoms with Crippen molar-refractivity contribution in [2.45, 2.75) is 25.4 Å². The largest absolute Gasteiger partial charge is 0.395 e. The third kappa shape index (κ3) is 3.18. The molecule has 0 bridgehead atoms. The molecule has 66 valence electrons. The summed E-state index contributed by atoms with van der Waals surface area (Å²) >= 11 is 0. The van der Waals surface area contributed by atoms with E-state index >= 15 is 0 Å². The summed E-state index contributed by atoms with van der Waals surface area (Å²) in [7, 11) is 0. The van der Waals surface area contributed by atoms with E-state index in [0.29, 0.717) is 0 Å². The van der Waals surface area contributed by atoms with E-state index in [2.05, 4.69) is 4.90 Å². The number of rotatable bonds is 2. The summed E-state index contributed by atoms with van der Waals surface area (Å²) in [4.78, 5) is 2.20. The zero-order valence-corrected chi connectivity index (χ0v) is 6.87. The van der Waals surface area contributed by atoms with Crippen LogP contribution in [0.25, 0.3) is 0 Å². The van der Waals surface area contributed by atoms with Crippen molar-refractivity contribution in [2.75, 3.05) is 26.2 Å². The molecule has 1 rings (SSSR count). The molecule has 3 heteroatoms. The van der Waals surface area contributed by atoms with Crippen molar-refractivity contribution in [1.29, 1.82) is 0 Å². The first-order valence-electron chi connectivity index (χ1n) is 4.34. The minimum absolute atomic E-state index is 0.112. The first-order valence-corrected chi connectivity index (χ1v) is 4.34. The topological polar surface area (TPSA) is 43.7 Å². The molecule has 0 aliphatic carbocycles. The van der Waals surface area contributed by atoms with Gasteiger partial charge in [0.05, 0.1) is 12.7 Å². The molecule has 1 fully saturated rings. The third-order valence-electron chi connectivity index (χ3n) is 2.21. The number of nitrogens with zero attached hydrogens (tertiary/aromatic N) is 1. The molecule has 0 amide bonds. The van der Waals surface area contributed by atoms with E-state index in [9.17, 15) is 5.11 Å². The maximum Gasteiger partial charge on any atom is 0.0558 e. The van der Waals surface area contributed by atoms with E-state index in [1.165, 1.54) is 0 Å². The van der Waals surface area contributed by atoms with Gasteiger partial charge in [-0.3, -0.25) is 0 Å². The van der Waals surface area contributed by atoms with Crippen molar-refractivity contribution in [2.24, 2.45) is 0 Å². The van der Waals surface area contributed by atoms with Crippen LogP contribution < -0.4 is 0 Å². The van der Waals surface area contributed by atoms with Crippen LogP contribution in [0.2, 0.25) is 0 Å². The molecule has 0 saturated carbocycles. The lowest BCUT2D eigenvalue weighted by Crippen LogP contribution is -2.28. The first-order chi connectivity index (χ1) is 5.33. The maximum absolute atomic E-state index is 9.29. The van der Waals surface area contributed by atoms with Gasteiger partial charge in [-0.05, 0) is 25.8 Å². The fourth-order valence-corrected chi connectivity index (χ4v) is 1.50. The molecule has 2 N–H and O–H groups in total. The Morgan fingerprint density at radius 2 is 2.09 bits per heavy atom. The van der Waals surface area contributed by atoms with Gasteiger partial charge in [-0.1, -0.05) is 0 Å². The molecule has 0 aromatic rings. The molecule has 0 aromatic carbocycles. The molecule has 1 heterocycles. The van der Waals surface area contributed by atoms with Crippen LogP contribution in [0.1, 0.15) is 19.3 Å². The van der Waals surface area contributed by atoms with Crippen molar-refractivity contribution < 1.29 is 10.2 Å². The molecular formula is C8H17NO2. The van der Waals surface area contributed by atoms with Gasteiger partial charge in [0.15, 0.2) is 0 Å². The normalized spacial score (nSPS) is 28.4. The summed E-state index contributed by atoms with van der Waals surface area (Å²) < 4.78 is 0. The molecule has 0 radical (unpaired) electrons. The number of aliphatic hydroxyl groups is 2. The fraction of sp³-hybridized carbons (Fsp3) is 1.00. The Bertz CT molecular complexity index is 108. The molecule has 1 saturated heterocycles. The Morgan fingerprint density at radius 3 is 2.82 bits per heavy atom. The number of hydrogen-bond donors (Lipinski definition) is 2. The van der Waals surface area contributed by atoms with Crippen LogP contribution in [0.15, 0.2) is 0 Å². The lowest BCUT2D eigenvalue weighted by atomic mass is 10.2. The zero-order chi connectivity index (χ0) is 8.10. The summed E-state index contributed by atoms with van der Waals surface area (Å²) in [6.45, 7) is 2.95. The number of aliphatic hydroxyl groups excluding tert-OH is 2. The van der Waals surface area contributed by atoms with Crippen LogP contribution >= 0.6 is 0 Å². The molecule has 0 aromatic heterocycles. The van der Waals surface area contributed by atoms with Gasteiger partial charge in [-0.15, -0.1) is 0 Å². The van der Waals surface area contributed by atoms with E-state index in [4.69, 9.17) is 5.11 Å². The smallest absolute Gasteiger partial charge is 0.0558 e. The predicted octanol–water partition coefficient (Wildman–Crippen LogP) is -0.175. The Balaban J connectivity index is 2.22. The van der Waals surface area contributed by atoms with Crippen LogP contribution in [0.5, 0.6) is 0 Å². The lowest BCUT2D eigenvalue weighted by molar-refractivity contribution is 0.150. The predicted molar refractivity (Wildman–Crippen MR) is 43.4 cm³/mol. The monoisotopic (exact) mass is 159 g/mol. The number of likely N-dealkylation sites (tertiary alicyclic amines) is 1. The van der Waals surface area contributed by atoms with E-state index in [-0.39, 0.29) is 12.7 Å². The second kappa shape index (κ2) is 4.70. The minimum atomic E-state index is -0.112. The van der Waals surface area contributed by atoms with Crippen molar-refractivity contribution in [3.63, 3.8) is 0 Å². The van der Waals surface area contributed by atoms with Crippen molar-refractivity contribution >= 4 is 0 Å². The zero-order valence-electron chi connectivity index (χ0n) is 6.87. The quantitative estimate of drug-likeness (QED) is 0.587. The van der Waals surface area contributed by atoms with Crippen LogP contribution in [0, 0.1) is 0 Å². The third-order valence-corrected chi connectivity index (χ3v) is 2.21. The Morgan fingerprint density at radius 1 is 1.27 bits per heavy atom. The number of β-amino-alcohol motifs (C(OH)–C–C–N with tert-alkyl or cyclic N) is 1. The Kier molecular flexibility index (Phi) is 3.83. The summed E-state index contributed by atoms with van der Waals surface area (Å²) in [5.74, 6) is 0. The van der Waals surface area contributed by atoms with Gasteiger partial charge in [0.25, 0.3) is 0 Å². The minimum Gasteiger partial charge on any atom is -0.395 e. The molecule has 1 aliphatic rings. The highest BCUT2D eigenvalue weighted by atomic mass is 16.3. The van der Waals surface area contributed by atoms with E-state index in [1.54, 1.807) is 0 Å². The lowest BCUT2D eigenvalue weighted by Gasteiger charge is -2.17. The second-order valence-electron chi connectivity index (χ2n) is 3.15. The molecule has 0 spiro atoms. The van der Waals surface area contributed by atoms with Crippen molar-refractivity contribution in [3.8, 4) is 0 Å². The van der Waals surface area contributed by atoms with Gasteiger partial charge >= 0.3 is 0 Å². The molecule has 1 atom stereocenters. The van der Waals surface area contributed by atoms with E-state index in [0.717, 1.165) is 38.9 Å². The van der Waals surface area contributed by atoms with Gasteiger partial charge in [-0.2, -0.15) is 0 Å². The van der Waals surface area contributed by atoms with Crippen LogP contribution in [-0.2, 0) is 0 Å². The Hall–Kier alpha value is -0.120. The standard InChI is InChI=1S/C8H17NO2/c10-7-6-9-4-1-2-8(11)3-5-9/h8,10-11H,1-7H2. The van der Waals surface area contributed by atoms with Gasteiger partial charge in [0, 0.05) is 13.1 Å². The first kappa shape index (κ1) is 8.97. The Labute approximate surface area is 67.6 Å². The SMILES string of the molecule is OCCN1CCCC(O)CC1. The average Bonchev–Trinajstić information content (AvgIpc) is 2.17. The van der Waals surface area contributed by atoms with Crippen LogP contribution in [-0.4, -0.2) is 47.5 Å². The highest BCUT2D eigenvalue weighted by molar-refractivity contribution is 4.68. The summed E-state index contributed by atoms with van der Waals surface area (Å²) in [6, 6.07) is 0. The number of hydrogen-bond acceptors (Lipinski definition) is 3. The van der Waals surface area contributed by atoms with Gasteiger partial charge in [-0.25, -0.2) is 0 Å².